The van der Waals surface area contributed by atoms with Crippen LogP contribution in [0.25, 0.3) is 0 Å². The summed E-state index contributed by atoms with van der Waals surface area (Å²) in [4.78, 5) is 15.3. The van der Waals surface area contributed by atoms with Gasteiger partial charge >= 0.3 is 0 Å². The van der Waals surface area contributed by atoms with Gasteiger partial charge in [-0.2, -0.15) is 0 Å². The quantitative estimate of drug-likeness (QED) is 0.790. The van der Waals surface area contributed by atoms with Crippen molar-refractivity contribution in [2.24, 2.45) is 5.73 Å². The third-order valence-electron chi connectivity index (χ3n) is 2.10. The highest BCUT2D eigenvalue weighted by atomic mass is 19.1. The van der Waals surface area contributed by atoms with E-state index >= 15 is 0 Å². The average molecular weight is 250 g/mol. The number of halogens is 1. The minimum atomic E-state index is -0.461. The number of amides is 1. The maximum absolute atomic E-state index is 12.6. The van der Waals surface area contributed by atoms with Crippen molar-refractivity contribution in [1.29, 1.82) is 0 Å². The number of hydrogen-bond acceptors (Lipinski definition) is 5. The lowest BCUT2D eigenvalue weighted by Gasteiger charge is -2.03. The number of aromatic nitrogens is 4. The van der Waals surface area contributed by atoms with Crippen LogP contribution in [-0.4, -0.2) is 25.9 Å². The zero-order valence-electron chi connectivity index (χ0n) is 9.38. The van der Waals surface area contributed by atoms with Crippen LogP contribution >= 0.6 is 0 Å². The monoisotopic (exact) mass is 250 g/mol. The first-order valence-corrected chi connectivity index (χ1v) is 5.18. The second kappa shape index (κ2) is 5.32. The number of carbonyl (C=O) groups excluding carboxylic acids is 1. The summed E-state index contributed by atoms with van der Waals surface area (Å²) < 4.78 is 14.0. The highest BCUT2D eigenvalue weighted by Crippen LogP contribution is 2.03. The molecular weight excluding hydrogens is 239 g/mol. The van der Waals surface area contributed by atoms with Crippen LogP contribution < -0.4 is 11.1 Å². The van der Waals surface area contributed by atoms with Gasteiger partial charge in [-0.25, -0.2) is 14.1 Å². The number of rotatable bonds is 4. The molecule has 0 radical (unpaired) electrons. The van der Waals surface area contributed by atoms with Gasteiger partial charge < -0.3 is 11.1 Å². The predicted molar refractivity (Wildman–Crippen MR) is 60.7 cm³/mol. The maximum atomic E-state index is 12.6. The summed E-state index contributed by atoms with van der Waals surface area (Å²) in [5.74, 6) is -0.514. The topological polar surface area (TPSA) is 98.7 Å². The first-order valence-electron chi connectivity index (χ1n) is 5.18. The van der Waals surface area contributed by atoms with Gasteiger partial charge in [0, 0.05) is 6.54 Å². The van der Waals surface area contributed by atoms with Crippen molar-refractivity contribution in [3.05, 3.63) is 36.0 Å². The normalized spacial score (nSPS) is 10.3. The van der Waals surface area contributed by atoms with Crippen molar-refractivity contribution in [3.8, 4) is 0 Å². The van der Waals surface area contributed by atoms with Crippen LogP contribution in [0.3, 0.4) is 0 Å². The number of anilines is 1. The van der Waals surface area contributed by atoms with Crippen molar-refractivity contribution in [2.45, 2.75) is 13.1 Å². The second-order valence-electron chi connectivity index (χ2n) is 3.52. The molecule has 2 heterocycles. The van der Waals surface area contributed by atoms with E-state index in [0.717, 1.165) is 6.20 Å². The molecule has 0 saturated carbocycles. The molecule has 7 nitrogen and oxygen atoms in total. The van der Waals surface area contributed by atoms with E-state index in [-0.39, 0.29) is 24.8 Å². The summed E-state index contributed by atoms with van der Waals surface area (Å²) >= 11 is 0. The Labute approximate surface area is 102 Å². The molecule has 0 saturated heterocycles. The molecule has 2 aromatic rings. The Bertz CT molecular complexity index is 538. The standard InChI is InChI=1S/C10H11FN6O/c11-7-1-2-9(13-4-7)14-10(18)6-17-5-8(3-12)15-16-17/h1-2,4-5H,3,6,12H2,(H,13,14,18). The van der Waals surface area contributed by atoms with Crippen LogP contribution in [0.1, 0.15) is 5.69 Å². The molecule has 0 spiro atoms. The van der Waals surface area contributed by atoms with E-state index in [4.69, 9.17) is 5.73 Å². The lowest BCUT2D eigenvalue weighted by molar-refractivity contribution is -0.116. The molecule has 0 unspecified atom stereocenters. The highest BCUT2D eigenvalue weighted by Gasteiger charge is 2.06. The van der Waals surface area contributed by atoms with Gasteiger partial charge in [-0.1, -0.05) is 5.21 Å². The fourth-order valence-corrected chi connectivity index (χ4v) is 1.29. The van der Waals surface area contributed by atoms with Gasteiger partial charge in [0.15, 0.2) is 0 Å². The molecule has 0 aliphatic rings. The number of carbonyl (C=O) groups is 1. The van der Waals surface area contributed by atoms with E-state index < -0.39 is 5.82 Å². The number of pyridine rings is 1. The Kier molecular flexibility index (Phi) is 3.58. The minimum Gasteiger partial charge on any atom is -0.325 e. The van der Waals surface area contributed by atoms with Gasteiger partial charge in [0.1, 0.15) is 18.2 Å². The molecule has 94 valence electrons. The van der Waals surface area contributed by atoms with Crippen molar-refractivity contribution >= 4 is 11.7 Å². The molecule has 2 aromatic heterocycles. The number of nitrogens with zero attached hydrogens (tertiary/aromatic N) is 4. The van der Waals surface area contributed by atoms with Crippen LogP contribution in [0.2, 0.25) is 0 Å². The van der Waals surface area contributed by atoms with Gasteiger partial charge in [0.05, 0.1) is 18.1 Å². The molecule has 18 heavy (non-hydrogen) atoms. The third-order valence-corrected chi connectivity index (χ3v) is 2.10. The zero-order chi connectivity index (χ0) is 13.0. The fourth-order valence-electron chi connectivity index (χ4n) is 1.29. The molecule has 0 aromatic carbocycles. The summed E-state index contributed by atoms with van der Waals surface area (Å²) in [7, 11) is 0. The Balaban J connectivity index is 1.94. The predicted octanol–water partition coefficient (Wildman–Crippen LogP) is -0.0904. The smallest absolute Gasteiger partial charge is 0.247 e. The Morgan fingerprint density at radius 3 is 2.94 bits per heavy atom. The van der Waals surface area contributed by atoms with E-state index in [1.54, 1.807) is 6.20 Å². The fraction of sp³-hybridized carbons (Fsp3) is 0.200. The first-order chi connectivity index (χ1) is 8.67. The molecule has 0 aliphatic carbocycles. The molecule has 8 heteroatoms. The van der Waals surface area contributed by atoms with Crippen molar-refractivity contribution in [1.82, 2.24) is 20.0 Å². The maximum Gasteiger partial charge on any atom is 0.247 e. The Hall–Kier alpha value is -2.35. The second-order valence-corrected chi connectivity index (χ2v) is 3.52. The molecule has 1 amide bonds. The first kappa shape index (κ1) is 12.1. The SMILES string of the molecule is NCc1cn(CC(=O)Nc2ccc(F)cn2)nn1. The molecule has 0 fully saturated rings. The summed E-state index contributed by atoms with van der Waals surface area (Å²) in [5, 5.41) is 9.99. The van der Waals surface area contributed by atoms with E-state index in [9.17, 15) is 9.18 Å². The number of nitrogens with two attached hydrogens (primary N) is 1. The largest absolute Gasteiger partial charge is 0.325 e. The Morgan fingerprint density at radius 2 is 2.33 bits per heavy atom. The zero-order valence-corrected chi connectivity index (χ0v) is 9.38. The molecule has 0 aliphatic heterocycles. The minimum absolute atomic E-state index is 0.00788. The summed E-state index contributed by atoms with van der Waals surface area (Å²) in [5.41, 5.74) is 5.97. The average Bonchev–Trinajstić information content (AvgIpc) is 2.79. The van der Waals surface area contributed by atoms with Crippen molar-refractivity contribution in [3.63, 3.8) is 0 Å². The molecule has 0 bridgehead atoms. The van der Waals surface area contributed by atoms with Crippen LogP contribution in [0.5, 0.6) is 0 Å². The Morgan fingerprint density at radius 1 is 1.50 bits per heavy atom. The molecule has 0 atom stereocenters. The van der Waals surface area contributed by atoms with Gasteiger partial charge in [-0.3, -0.25) is 4.79 Å². The lowest BCUT2D eigenvalue weighted by atomic mass is 10.4. The molecular formula is C10H11FN6O. The van der Waals surface area contributed by atoms with E-state index in [1.165, 1.54) is 16.8 Å². The molecule has 3 N–H and O–H groups in total. The third kappa shape index (κ3) is 3.08. The highest BCUT2D eigenvalue weighted by molar-refractivity contribution is 5.89. The van der Waals surface area contributed by atoms with Gasteiger partial charge in [0.25, 0.3) is 0 Å². The van der Waals surface area contributed by atoms with Crippen molar-refractivity contribution < 1.29 is 9.18 Å². The summed E-state index contributed by atoms with van der Waals surface area (Å²) in [6, 6.07) is 2.59. The van der Waals surface area contributed by atoms with Crippen LogP contribution in [0, 0.1) is 5.82 Å². The van der Waals surface area contributed by atoms with Gasteiger partial charge in [0.2, 0.25) is 5.91 Å². The lowest BCUT2D eigenvalue weighted by Crippen LogP contribution is -2.19. The van der Waals surface area contributed by atoms with Crippen LogP contribution in [-0.2, 0) is 17.9 Å². The summed E-state index contributed by atoms with van der Waals surface area (Å²) in [6.45, 7) is 0.257. The van der Waals surface area contributed by atoms with E-state index in [2.05, 4.69) is 20.6 Å². The van der Waals surface area contributed by atoms with E-state index in [0.29, 0.717) is 5.69 Å². The van der Waals surface area contributed by atoms with Crippen LogP contribution in [0.15, 0.2) is 24.5 Å². The van der Waals surface area contributed by atoms with Crippen molar-refractivity contribution in [2.75, 3.05) is 5.32 Å². The van der Waals surface area contributed by atoms with Gasteiger partial charge in [-0.15, -0.1) is 5.10 Å². The van der Waals surface area contributed by atoms with Gasteiger partial charge in [-0.05, 0) is 12.1 Å². The number of hydrogen-bond donors (Lipinski definition) is 2. The molecule has 2 rings (SSSR count). The van der Waals surface area contributed by atoms with Crippen LogP contribution in [0.4, 0.5) is 10.2 Å². The van der Waals surface area contributed by atoms with E-state index in [1.807, 2.05) is 0 Å². The summed E-state index contributed by atoms with van der Waals surface area (Å²) in [6.07, 6.45) is 2.61. The number of nitrogens with one attached hydrogen (secondary N) is 1.